The van der Waals surface area contributed by atoms with E-state index in [1.165, 1.54) is 0 Å². The highest BCUT2D eigenvalue weighted by atomic mass is 15.0. The first kappa shape index (κ1) is 31.1. The summed E-state index contributed by atoms with van der Waals surface area (Å²) in [6, 6.07) is 68.0. The fraction of sp³-hybridized carbons (Fsp3) is 0. The zero-order chi connectivity index (χ0) is 36.2. The van der Waals surface area contributed by atoms with E-state index in [1.807, 2.05) is 30.3 Å². The fourth-order valence-electron chi connectivity index (χ4n) is 8.22. The van der Waals surface area contributed by atoms with Crippen LogP contribution in [0.1, 0.15) is 11.1 Å². The van der Waals surface area contributed by atoms with Gasteiger partial charge in [-0.2, -0.15) is 10.5 Å². The summed E-state index contributed by atoms with van der Waals surface area (Å²) in [5, 5.41) is 25.4. The Morgan fingerprint density at radius 3 is 1.57 bits per heavy atom. The normalized spacial score (nSPS) is 11.3. The van der Waals surface area contributed by atoms with Gasteiger partial charge in [0.25, 0.3) is 0 Å². The molecule has 0 saturated heterocycles. The highest BCUT2D eigenvalue weighted by Gasteiger charge is 2.25. The monoisotopic (exact) mass is 686 g/mol. The topological polar surface area (TPSA) is 57.4 Å². The van der Waals surface area contributed by atoms with E-state index in [-0.39, 0.29) is 0 Å². The van der Waals surface area contributed by atoms with Crippen molar-refractivity contribution in [1.82, 2.24) is 9.13 Å². The Hall–Kier alpha value is -7.66. The SMILES string of the molecule is N#Cc1cccc(-c2c(-n3c4ccc(-c5ccccc5)cc4c4cc(-c5ccccc5)ccc43)ccc3c4ccccc4n(-c4ccccc4)c23)c1C#N. The first-order valence-electron chi connectivity index (χ1n) is 18.0. The molecule has 4 heteroatoms. The molecule has 0 saturated carbocycles. The van der Waals surface area contributed by atoms with E-state index >= 15 is 0 Å². The van der Waals surface area contributed by atoms with E-state index in [0.29, 0.717) is 16.7 Å². The molecule has 250 valence electrons. The quantitative estimate of drug-likeness (QED) is 0.181. The van der Waals surface area contributed by atoms with Crippen LogP contribution in [0.25, 0.3) is 88.4 Å². The number of fused-ring (bicyclic) bond motifs is 6. The van der Waals surface area contributed by atoms with Crippen molar-refractivity contribution in [2.24, 2.45) is 0 Å². The molecule has 0 fully saturated rings. The molecular formula is C50H30N4. The second-order valence-electron chi connectivity index (χ2n) is 13.5. The lowest BCUT2D eigenvalue weighted by atomic mass is 9.93. The van der Waals surface area contributed by atoms with Crippen LogP contribution in [0.5, 0.6) is 0 Å². The van der Waals surface area contributed by atoms with Crippen LogP contribution < -0.4 is 0 Å². The Labute approximate surface area is 312 Å². The summed E-state index contributed by atoms with van der Waals surface area (Å²) in [7, 11) is 0. The summed E-state index contributed by atoms with van der Waals surface area (Å²) in [5.41, 5.74) is 13.0. The molecule has 0 aliphatic carbocycles. The number of para-hydroxylation sites is 2. The molecule has 2 aromatic heterocycles. The minimum Gasteiger partial charge on any atom is -0.309 e. The molecule has 0 radical (unpaired) electrons. The number of aromatic nitrogens is 2. The highest BCUT2D eigenvalue weighted by molar-refractivity contribution is 6.18. The van der Waals surface area contributed by atoms with Gasteiger partial charge in [0.1, 0.15) is 12.1 Å². The molecule has 0 bridgehead atoms. The molecule has 0 aliphatic rings. The van der Waals surface area contributed by atoms with Crippen LogP contribution in [0.3, 0.4) is 0 Å². The number of benzene rings is 8. The van der Waals surface area contributed by atoms with Crippen LogP contribution in [0.15, 0.2) is 182 Å². The average molecular weight is 687 g/mol. The molecule has 8 aromatic carbocycles. The highest BCUT2D eigenvalue weighted by Crippen LogP contribution is 2.46. The van der Waals surface area contributed by atoms with Gasteiger partial charge in [-0.1, -0.05) is 127 Å². The molecule has 0 spiro atoms. The maximum absolute atomic E-state index is 10.7. The largest absolute Gasteiger partial charge is 0.309 e. The van der Waals surface area contributed by atoms with Gasteiger partial charge >= 0.3 is 0 Å². The number of hydrogen-bond donors (Lipinski definition) is 0. The minimum absolute atomic E-state index is 0.350. The molecule has 0 unspecified atom stereocenters. The van der Waals surface area contributed by atoms with Crippen molar-refractivity contribution in [1.29, 1.82) is 10.5 Å². The van der Waals surface area contributed by atoms with E-state index in [0.717, 1.165) is 82.8 Å². The van der Waals surface area contributed by atoms with Gasteiger partial charge in [-0.05, 0) is 76.9 Å². The maximum atomic E-state index is 10.7. The molecule has 2 heterocycles. The zero-order valence-corrected chi connectivity index (χ0v) is 29.1. The first-order chi connectivity index (χ1) is 26.7. The van der Waals surface area contributed by atoms with E-state index < -0.39 is 0 Å². The van der Waals surface area contributed by atoms with E-state index in [1.54, 1.807) is 6.07 Å². The summed E-state index contributed by atoms with van der Waals surface area (Å²) in [6.07, 6.45) is 0. The van der Waals surface area contributed by atoms with Crippen molar-refractivity contribution < 1.29 is 0 Å². The third-order valence-electron chi connectivity index (χ3n) is 10.6. The molecule has 0 N–H and O–H groups in total. The number of hydrogen-bond acceptors (Lipinski definition) is 2. The lowest BCUT2D eigenvalue weighted by molar-refractivity contribution is 1.16. The van der Waals surface area contributed by atoms with E-state index in [4.69, 9.17) is 0 Å². The van der Waals surface area contributed by atoms with Gasteiger partial charge in [-0.25, -0.2) is 0 Å². The Bertz CT molecular complexity index is 3060. The van der Waals surface area contributed by atoms with E-state index in [2.05, 4.69) is 167 Å². The number of nitrogens with zero attached hydrogens (tertiary/aromatic N) is 4. The summed E-state index contributed by atoms with van der Waals surface area (Å²) in [4.78, 5) is 0. The molecule has 10 rings (SSSR count). The van der Waals surface area contributed by atoms with Crippen molar-refractivity contribution in [3.05, 3.63) is 193 Å². The number of nitriles is 2. The Balaban J connectivity index is 1.39. The lowest BCUT2D eigenvalue weighted by Gasteiger charge is -2.19. The smallest absolute Gasteiger partial charge is 0.101 e. The first-order valence-corrected chi connectivity index (χ1v) is 18.0. The molecule has 4 nitrogen and oxygen atoms in total. The zero-order valence-electron chi connectivity index (χ0n) is 29.1. The number of rotatable bonds is 5. The Kier molecular flexibility index (Phi) is 7.22. The lowest BCUT2D eigenvalue weighted by Crippen LogP contribution is -2.03. The van der Waals surface area contributed by atoms with E-state index in [9.17, 15) is 10.5 Å². The Morgan fingerprint density at radius 2 is 0.963 bits per heavy atom. The molecule has 0 amide bonds. The molecule has 0 atom stereocenters. The van der Waals surface area contributed by atoms with Crippen LogP contribution in [-0.2, 0) is 0 Å². The third kappa shape index (κ3) is 4.76. The van der Waals surface area contributed by atoms with Gasteiger partial charge in [-0.15, -0.1) is 0 Å². The van der Waals surface area contributed by atoms with Gasteiger partial charge in [0.05, 0.1) is 38.9 Å². The van der Waals surface area contributed by atoms with Gasteiger partial charge in [0.15, 0.2) is 0 Å². The van der Waals surface area contributed by atoms with Gasteiger partial charge < -0.3 is 9.13 Å². The Morgan fingerprint density at radius 1 is 0.389 bits per heavy atom. The third-order valence-corrected chi connectivity index (χ3v) is 10.6. The summed E-state index contributed by atoms with van der Waals surface area (Å²) < 4.78 is 4.65. The standard InChI is InChI=1S/C50H30N4/c51-31-37-17-12-21-40(44(37)32-52)49-48(28-25-41-39-20-10-11-22-45(39)53(50(41)49)38-18-8-3-9-19-38)54-46-26-23-35(33-13-4-1-5-14-33)29-42(46)43-30-36(24-27-47(43)54)34-15-6-2-7-16-34/h1-30H. The average Bonchev–Trinajstić information content (AvgIpc) is 3.76. The summed E-state index contributed by atoms with van der Waals surface area (Å²) >= 11 is 0. The van der Waals surface area contributed by atoms with Crippen molar-refractivity contribution in [3.8, 4) is 56.9 Å². The predicted octanol–water partition coefficient (Wildman–Crippen LogP) is 12.6. The fourth-order valence-corrected chi connectivity index (χ4v) is 8.22. The predicted molar refractivity (Wildman–Crippen MR) is 221 cm³/mol. The van der Waals surface area contributed by atoms with Crippen LogP contribution in [0.4, 0.5) is 0 Å². The van der Waals surface area contributed by atoms with Crippen LogP contribution in [0.2, 0.25) is 0 Å². The van der Waals surface area contributed by atoms with Crippen LogP contribution >= 0.6 is 0 Å². The molecule has 10 aromatic rings. The van der Waals surface area contributed by atoms with Crippen molar-refractivity contribution >= 4 is 43.6 Å². The van der Waals surface area contributed by atoms with Crippen molar-refractivity contribution in [2.75, 3.05) is 0 Å². The second-order valence-corrected chi connectivity index (χ2v) is 13.5. The minimum atomic E-state index is 0.350. The van der Waals surface area contributed by atoms with Crippen molar-refractivity contribution in [2.45, 2.75) is 0 Å². The van der Waals surface area contributed by atoms with Gasteiger partial charge in [-0.3, -0.25) is 0 Å². The maximum Gasteiger partial charge on any atom is 0.101 e. The summed E-state index contributed by atoms with van der Waals surface area (Å²) in [5.74, 6) is 0. The van der Waals surface area contributed by atoms with Crippen molar-refractivity contribution in [3.63, 3.8) is 0 Å². The molecule has 0 aliphatic heterocycles. The van der Waals surface area contributed by atoms with Crippen LogP contribution in [0, 0.1) is 22.7 Å². The molecular weight excluding hydrogens is 657 g/mol. The van der Waals surface area contributed by atoms with Crippen LogP contribution in [-0.4, -0.2) is 9.13 Å². The van der Waals surface area contributed by atoms with Gasteiger partial charge in [0, 0.05) is 38.4 Å². The second kappa shape index (κ2) is 12.5. The summed E-state index contributed by atoms with van der Waals surface area (Å²) in [6.45, 7) is 0. The molecule has 54 heavy (non-hydrogen) atoms. The van der Waals surface area contributed by atoms with Gasteiger partial charge in [0.2, 0.25) is 0 Å².